The number of amides is 3. The minimum absolute atomic E-state index is 0.0220. The van der Waals surface area contributed by atoms with Crippen LogP contribution in [0.2, 0.25) is 0 Å². The van der Waals surface area contributed by atoms with Gasteiger partial charge < -0.3 is 34.4 Å². The summed E-state index contributed by atoms with van der Waals surface area (Å²) in [5.41, 5.74) is 0.442. The van der Waals surface area contributed by atoms with Gasteiger partial charge in [0.2, 0.25) is 5.91 Å². The van der Waals surface area contributed by atoms with E-state index in [0.29, 0.717) is 25.9 Å². The fraction of sp³-hybridized carbons (Fsp3) is 0.361. The van der Waals surface area contributed by atoms with Gasteiger partial charge in [-0.05, 0) is 48.9 Å². The van der Waals surface area contributed by atoms with Gasteiger partial charge in [0.25, 0.3) is 0 Å². The van der Waals surface area contributed by atoms with Gasteiger partial charge in [0, 0.05) is 43.3 Å². The highest BCUT2D eigenvalue weighted by molar-refractivity contribution is 6.01. The number of aliphatic carboxylic acids is 1. The Morgan fingerprint density at radius 1 is 0.750 bits per heavy atom. The molecule has 0 aromatic heterocycles. The van der Waals surface area contributed by atoms with Crippen LogP contribution in [0.4, 0.5) is 15.3 Å². The summed E-state index contributed by atoms with van der Waals surface area (Å²) in [6, 6.07) is 23.2. The number of ether oxygens (including phenoxy) is 3. The van der Waals surface area contributed by atoms with Gasteiger partial charge in [-0.1, -0.05) is 66.7 Å². The van der Waals surface area contributed by atoms with E-state index in [9.17, 15) is 29.1 Å². The quantitative estimate of drug-likeness (QED) is 0.233. The van der Waals surface area contributed by atoms with Crippen molar-refractivity contribution in [3.63, 3.8) is 0 Å². The molecule has 0 radical (unpaired) electrons. The maximum Gasteiger partial charge on any atom is 0.410 e. The predicted molar refractivity (Wildman–Crippen MR) is 174 cm³/mol. The molecule has 0 bridgehead atoms. The summed E-state index contributed by atoms with van der Waals surface area (Å²) < 4.78 is 15.9. The van der Waals surface area contributed by atoms with E-state index in [1.165, 1.54) is 18.1 Å². The highest BCUT2D eigenvalue weighted by atomic mass is 16.6. The summed E-state index contributed by atoms with van der Waals surface area (Å²) in [5, 5.41) is 13.5. The van der Waals surface area contributed by atoms with E-state index in [1.54, 1.807) is 17.0 Å². The molecular weight excluding hydrogens is 618 g/mol. The number of likely N-dealkylation sites (tertiary alicyclic amines) is 2. The Bertz CT molecular complexity index is 1610. The topological polar surface area (TPSA) is 152 Å². The second-order valence-electron chi connectivity index (χ2n) is 11.9. The van der Waals surface area contributed by atoms with E-state index in [2.05, 4.69) is 5.32 Å². The Balaban J connectivity index is 1.27. The Labute approximate surface area is 278 Å². The Morgan fingerprint density at radius 3 is 1.77 bits per heavy atom. The van der Waals surface area contributed by atoms with E-state index in [4.69, 9.17) is 14.2 Å². The van der Waals surface area contributed by atoms with Crippen molar-refractivity contribution in [1.29, 1.82) is 0 Å². The van der Waals surface area contributed by atoms with Crippen molar-refractivity contribution >= 4 is 35.7 Å². The number of nitrogens with one attached hydrogen (secondary N) is 1. The molecule has 48 heavy (non-hydrogen) atoms. The third-order valence-corrected chi connectivity index (χ3v) is 9.02. The molecule has 3 aromatic carbocycles. The molecule has 0 aliphatic carbocycles. The second-order valence-corrected chi connectivity index (χ2v) is 11.9. The minimum atomic E-state index is -1.60. The van der Waals surface area contributed by atoms with Gasteiger partial charge in [0.1, 0.15) is 13.2 Å². The molecule has 2 aliphatic rings. The highest BCUT2D eigenvalue weighted by Crippen LogP contribution is 2.42. The molecule has 0 unspecified atom stereocenters. The van der Waals surface area contributed by atoms with Crippen LogP contribution in [-0.4, -0.2) is 78.2 Å². The highest BCUT2D eigenvalue weighted by Gasteiger charge is 2.48. The first-order valence-electron chi connectivity index (χ1n) is 15.9. The molecule has 2 fully saturated rings. The van der Waals surface area contributed by atoms with E-state index in [-0.39, 0.29) is 61.9 Å². The summed E-state index contributed by atoms with van der Waals surface area (Å²) in [7, 11) is 1.20. The molecule has 3 amide bonds. The first kappa shape index (κ1) is 34.0. The number of carbonyl (C=O) groups excluding carboxylic acids is 4. The van der Waals surface area contributed by atoms with Gasteiger partial charge in [0.05, 0.1) is 18.1 Å². The molecule has 2 heterocycles. The second kappa shape index (κ2) is 15.5. The van der Waals surface area contributed by atoms with Crippen LogP contribution in [-0.2, 0) is 42.4 Å². The number of carboxylic acids is 1. The van der Waals surface area contributed by atoms with E-state index in [1.807, 2.05) is 60.7 Å². The van der Waals surface area contributed by atoms with Crippen molar-refractivity contribution in [3.05, 3.63) is 101 Å². The lowest BCUT2D eigenvalue weighted by Gasteiger charge is -2.40. The van der Waals surface area contributed by atoms with Gasteiger partial charge in [0.15, 0.2) is 0 Å². The number of methoxy groups -OCH3 is 1. The third kappa shape index (κ3) is 7.76. The summed E-state index contributed by atoms with van der Waals surface area (Å²) in [4.78, 5) is 68.1. The molecule has 12 nitrogen and oxygen atoms in total. The zero-order chi connectivity index (χ0) is 34.1. The lowest BCUT2D eigenvalue weighted by molar-refractivity contribution is -0.145. The molecule has 0 saturated carbocycles. The van der Waals surface area contributed by atoms with Crippen LogP contribution >= 0.6 is 0 Å². The zero-order valence-electron chi connectivity index (χ0n) is 26.8. The van der Waals surface area contributed by atoms with Crippen LogP contribution in [0.5, 0.6) is 0 Å². The molecule has 3 aromatic rings. The fourth-order valence-corrected chi connectivity index (χ4v) is 6.27. The summed E-state index contributed by atoms with van der Waals surface area (Å²) in [6.07, 6.45) is -0.315. The monoisotopic (exact) mass is 657 g/mol. The van der Waals surface area contributed by atoms with Crippen molar-refractivity contribution in [2.45, 2.75) is 44.3 Å². The molecule has 2 aliphatic heterocycles. The van der Waals surface area contributed by atoms with Crippen LogP contribution in [0, 0.1) is 5.92 Å². The maximum atomic E-state index is 13.6. The van der Waals surface area contributed by atoms with E-state index >= 15 is 0 Å². The number of rotatable bonds is 9. The number of esters is 1. The van der Waals surface area contributed by atoms with Crippen molar-refractivity contribution in [2.24, 2.45) is 5.92 Å². The molecule has 2 saturated heterocycles. The van der Waals surface area contributed by atoms with Crippen LogP contribution < -0.4 is 5.32 Å². The molecule has 2 N–H and O–H groups in total. The zero-order valence-corrected chi connectivity index (χ0v) is 26.8. The minimum Gasteiger partial charge on any atom is -0.481 e. The number of nitrogens with zero attached hydrogens (tertiary/aromatic N) is 2. The fourth-order valence-electron chi connectivity index (χ4n) is 6.27. The number of piperidine rings is 2. The number of benzene rings is 3. The largest absolute Gasteiger partial charge is 0.481 e. The Kier molecular flexibility index (Phi) is 10.9. The SMILES string of the molecule is COC(=O)c1cccc(NC(=O)C2CCN(C(=O)OCc3ccccc3)CC2)c1C1(C(=O)O)CCN(C(=O)OCc2ccccc2)CC1. The van der Waals surface area contributed by atoms with Crippen LogP contribution in [0.3, 0.4) is 0 Å². The normalized spacial score (nSPS) is 16.0. The maximum absolute atomic E-state index is 13.6. The Morgan fingerprint density at radius 2 is 1.27 bits per heavy atom. The van der Waals surface area contributed by atoms with Crippen molar-refractivity contribution in [2.75, 3.05) is 38.6 Å². The number of hydrogen-bond acceptors (Lipinski definition) is 8. The molecule has 0 atom stereocenters. The summed E-state index contributed by atoms with van der Waals surface area (Å²) in [5.74, 6) is -2.74. The van der Waals surface area contributed by atoms with Crippen LogP contribution in [0.15, 0.2) is 78.9 Å². The van der Waals surface area contributed by atoms with Crippen molar-refractivity contribution in [3.8, 4) is 0 Å². The average Bonchev–Trinajstić information content (AvgIpc) is 3.13. The predicted octanol–water partition coefficient (Wildman–Crippen LogP) is 5.22. The first-order valence-corrected chi connectivity index (χ1v) is 15.9. The summed E-state index contributed by atoms with van der Waals surface area (Å²) >= 11 is 0. The van der Waals surface area contributed by atoms with E-state index < -0.39 is 35.5 Å². The third-order valence-electron chi connectivity index (χ3n) is 9.02. The van der Waals surface area contributed by atoms with Gasteiger partial charge in [-0.15, -0.1) is 0 Å². The number of anilines is 1. The first-order chi connectivity index (χ1) is 23.2. The average molecular weight is 658 g/mol. The Hall–Kier alpha value is -5.39. The standard InChI is InChI=1S/C36H39N3O9/c1-46-32(41)28-13-8-14-29(37-31(40)27-15-19-38(20-16-27)34(44)47-23-25-9-4-2-5-10-25)30(28)36(33(42)43)17-21-39(22-18-36)35(45)48-24-26-11-6-3-7-12-26/h2-14,27H,15-24H2,1H3,(H,37,40)(H,42,43). The molecule has 12 heteroatoms. The smallest absolute Gasteiger partial charge is 0.410 e. The summed E-state index contributed by atoms with van der Waals surface area (Å²) in [6.45, 7) is 0.974. The molecule has 5 rings (SSSR count). The molecule has 0 spiro atoms. The van der Waals surface area contributed by atoms with Crippen LogP contribution in [0.25, 0.3) is 0 Å². The van der Waals surface area contributed by atoms with Gasteiger partial charge in [-0.3, -0.25) is 9.59 Å². The van der Waals surface area contributed by atoms with Gasteiger partial charge in [-0.2, -0.15) is 0 Å². The van der Waals surface area contributed by atoms with Gasteiger partial charge in [-0.25, -0.2) is 14.4 Å². The molecule has 252 valence electrons. The number of carbonyl (C=O) groups is 5. The number of carboxylic acid groups (broad SMARTS) is 1. The van der Waals surface area contributed by atoms with Crippen molar-refractivity contribution in [1.82, 2.24) is 9.80 Å². The lowest BCUT2D eigenvalue weighted by Crippen LogP contribution is -2.50. The van der Waals surface area contributed by atoms with Gasteiger partial charge >= 0.3 is 24.1 Å². The lowest BCUT2D eigenvalue weighted by atomic mass is 9.70. The molecular formula is C36H39N3O9. The number of hydrogen-bond donors (Lipinski definition) is 2. The van der Waals surface area contributed by atoms with Crippen molar-refractivity contribution < 1.29 is 43.3 Å². The van der Waals surface area contributed by atoms with Crippen LogP contribution in [0.1, 0.15) is 52.7 Å². The van der Waals surface area contributed by atoms with E-state index in [0.717, 1.165) is 11.1 Å².